The first kappa shape index (κ1) is 10.8. The summed E-state index contributed by atoms with van der Waals surface area (Å²) in [5.74, 6) is 0.107. The van der Waals surface area contributed by atoms with Crippen LogP contribution >= 0.6 is 0 Å². The van der Waals surface area contributed by atoms with Crippen LogP contribution in [-0.2, 0) is 17.8 Å². The molecular weight excluding hydrogens is 174 g/mol. The molecule has 14 heavy (non-hydrogen) atoms. The van der Waals surface area contributed by atoms with E-state index in [1.54, 1.807) is 0 Å². The van der Waals surface area contributed by atoms with E-state index in [0.717, 1.165) is 6.42 Å². The van der Waals surface area contributed by atoms with Crippen LogP contribution in [0.5, 0.6) is 0 Å². The lowest BCUT2D eigenvalue weighted by Gasteiger charge is -2.08. The summed E-state index contributed by atoms with van der Waals surface area (Å²) in [5.41, 5.74) is 2.53. The molecule has 1 rings (SSSR count). The van der Waals surface area contributed by atoms with E-state index in [1.165, 1.54) is 11.1 Å². The Morgan fingerprint density at radius 1 is 1.21 bits per heavy atom. The number of carbonyl (C=O) groups is 1. The molecule has 1 aromatic carbocycles. The second-order valence-electron chi connectivity index (χ2n) is 3.25. The van der Waals surface area contributed by atoms with Crippen LogP contribution in [0.4, 0.5) is 0 Å². The van der Waals surface area contributed by atoms with Crippen LogP contribution in [0.25, 0.3) is 0 Å². The van der Waals surface area contributed by atoms with Crippen LogP contribution in [0.1, 0.15) is 31.4 Å². The first-order valence-corrected chi connectivity index (χ1v) is 5.11. The maximum Gasteiger partial charge on any atom is 0.219 e. The predicted octanol–water partition coefficient (Wildman–Crippen LogP) is 2.28. The van der Waals surface area contributed by atoms with E-state index in [-0.39, 0.29) is 5.91 Å². The first-order chi connectivity index (χ1) is 6.77. The minimum Gasteiger partial charge on any atom is -0.352 e. The molecular formula is C12H17NO. The average molecular weight is 191 g/mol. The number of hydrogen-bond acceptors (Lipinski definition) is 1. The zero-order valence-electron chi connectivity index (χ0n) is 8.84. The SMILES string of the molecule is CCC(=O)NCc1ccccc1CC. The zero-order chi connectivity index (χ0) is 10.4. The number of nitrogens with one attached hydrogen (secondary N) is 1. The highest BCUT2D eigenvalue weighted by molar-refractivity contribution is 5.75. The molecule has 0 fully saturated rings. The van der Waals surface area contributed by atoms with Crippen molar-refractivity contribution in [1.29, 1.82) is 0 Å². The van der Waals surface area contributed by atoms with Crippen LogP contribution in [0.3, 0.4) is 0 Å². The van der Waals surface area contributed by atoms with Gasteiger partial charge in [0.1, 0.15) is 0 Å². The van der Waals surface area contributed by atoms with Crippen molar-refractivity contribution in [3.63, 3.8) is 0 Å². The first-order valence-electron chi connectivity index (χ1n) is 5.11. The lowest BCUT2D eigenvalue weighted by Crippen LogP contribution is -2.22. The van der Waals surface area contributed by atoms with Crippen molar-refractivity contribution < 1.29 is 4.79 Å². The highest BCUT2D eigenvalue weighted by Crippen LogP contribution is 2.08. The Bertz CT molecular complexity index is 307. The van der Waals surface area contributed by atoms with E-state index >= 15 is 0 Å². The number of amides is 1. The fourth-order valence-electron chi connectivity index (χ4n) is 1.39. The van der Waals surface area contributed by atoms with Crippen molar-refractivity contribution in [2.45, 2.75) is 33.2 Å². The number of rotatable bonds is 4. The molecule has 0 saturated heterocycles. The molecule has 1 N–H and O–H groups in total. The Hall–Kier alpha value is -1.31. The fraction of sp³-hybridized carbons (Fsp3) is 0.417. The molecule has 0 spiro atoms. The van der Waals surface area contributed by atoms with E-state index in [4.69, 9.17) is 0 Å². The van der Waals surface area contributed by atoms with Crippen LogP contribution in [0, 0.1) is 0 Å². The summed E-state index contributed by atoms with van der Waals surface area (Å²) in [6.07, 6.45) is 1.56. The van der Waals surface area contributed by atoms with Gasteiger partial charge in [-0.15, -0.1) is 0 Å². The monoisotopic (exact) mass is 191 g/mol. The summed E-state index contributed by atoms with van der Waals surface area (Å²) in [5, 5.41) is 2.88. The Balaban J connectivity index is 2.61. The molecule has 0 aliphatic rings. The standard InChI is InChI=1S/C12H17NO/c1-3-10-7-5-6-8-11(10)9-13-12(14)4-2/h5-8H,3-4,9H2,1-2H3,(H,13,14). The van der Waals surface area contributed by atoms with Crippen molar-refractivity contribution in [2.75, 3.05) is 0 Å². The van der Waals surface area contributed by atoms with Gasteiger partial charge in [-0.25, -0.2) is 0 Å². The molecule has 76 valence electrons. The van der Waals surface area contributed by atoms with Crippen molar-refractivity contribution in [3.8, 4) is 0 Å². The average Bonchev–Trinajstić information content (AvgIpc) is 2.26. The molecule has 0 aliphatic carbocycles. The number of hydrogen-bond donors (Lipinski definition) is 1. The molecule has 1 amide bonds. The van der Waals surface area contributed by atoms with E-state index in [9.17, 15) is 4.79 Å². The van der Waals surface area contributed by atoms with Gasteiger partial charge in [0.15, 0.2) is 0 Å². The third kappa shape index (κ3) is 2.87. The van der Waals surface area contributed by atoms with Crippen LogP contribution in [-0.4, -0.2) is 5.91 Å². The lowest BCUT2D eigenvalue weighted by molar-refractivity contribution is -0.120. The molecule has 0 aromatic heterocycles. The summed E-state index contributed by atoms with van der Waals surface area (Å²) in [6, 6.07) is 8.21. The summed E-state index contributed by atoms with van der Waals surface area (Å²) < 4.78 is 0. The van der Waals surface area contributed by atoms with Gasteiger partial charge in [0, 0.05) is 13.0 Å². The van der Waals surface area contributed by atoms with Gasteiger partial charge in [-0.2, -0.15) is 0 Å². The molecule has 1 aromatic rings. The molecule has 0 atom stereocenters. The Labute approximate surface area is 85.3 Å². The van der Waals surface area contributed by atoms with Crippen molar-refractivity contribution in [2.24, 2.45) is 0 Å². The maximum absolute atomic E-state index is 11.1. The molecule has 0 saturated carbocycles. The number of carbonyl (C=O) groups excluding carboxylic acids is 1. The summed E-state index contributed by atoms with van der Waals surface area (Å²) in [7, 11) is 0. The van der Waals surface area contributed by atoms with Gasteiger partial charge in [-0.1, -0.05) is 38.1 Å². The van der Waals surface area contributed by atoms with Crippen molar-refractivity contribution in [3.05, 3.63) is 35.4 Å². The molecule has 0 unspecified atom stereocenters. The zero-order valence-corrected chi connectivity index (χ0v) is 8.84. The highest BCUT2D eigenvalue weighted by atomic mass is 16.1. The number of aryl methyl sites for hydroxylation is 1. The third-order valence-electron chi connectivity index (χ3n) is 2.30. The predicted molar refractivity (Wildman–Crippen MR) is 58.0 cm³/mol. The largest absolute Gasteiger partial charge is 0.352 e. The van der Waals surface area contributed by atoms with Crippen LogP contribution < -0.4 is 5.32 Å². The topological polar surface area (TPSA) is 29.1 Å². The summed E-state index contributed by atoms with van der Waals surface area (Å²) in [6.45, 7) is 4.64. The minimum atomic E-state index is 0.107. The van der Waals surface area contributed by atoms with Crippen molar-refractivity contribution >= 4 is 5.91 Å². The fourth-order valence-corrected chi connectivity index (χ4v) is 1.39. The molecule has 0 radical (unpaired) electrons. The second kappa shape index (κ2) is 5.43. The van der Waals surface area contributed by atoms with E-state index in [1.807, 2.05) is 19.1 Å². The third-order valence-corrected chi connectivity index (χ3v) is 2.30. The normalized spacial score (nSPS) is 9.86. The lowest BCUT2D eigenvalue weighted by atomic mass is 10.1. The maximum atomic E-state index is 11.1. The summed E-state index contributed by atoms with van der Waals surface area (Å²) in [4.78, 5) is 11.1. The van der Waals surface area contributed by atoms with Gasteiger partial charge in [-0.05, 0) is 17.5 Å². The number of benzene rings is 1. The Morgan fingerprint density at radius 2 is 1.86 bits per heavy atom. The van der Waals surface area contributed by atoms with Crippen molar-refractivity contribution in [1.82, 2.24) is 5.32 Å². The molecule has 2 nitrogen and oxygen atoms in total. The Kier molecular flexibility index (Phi) is 4.17. The minimum absolute atomic E-state index is 0.107. The summed E-state index contributed by atoms with van der Waals surface area (Å²) >= 11 is 0. The molecule has 2 heteroatoms. The van der Waals surface area contributed by atoms with Gasteiger partial charge in [0.05, 0.1) is 0 Å². The van der Waals surface area contributed by atoms with E-state index in [2.05, 4.69) is 24.4 Å². The highest BCUT2D eigenvalue weighted by Gasteiger charge is 2.01. The smallest absolute Gasteiger partial charge is 0.219 e. The van der Waals surface area contributed by atoms with Gasteiger partial charge in [-0.3, -0.25) is 4.79 Å². The Morgan fingerprint density at radius 3 is 2.43 bits per heavy atom. The molecule has 0 aliphatic heterocycles. The van der Waals surface area contributed by atoms with E-state index < -0.39 is 0 Å². The molecule has 0 heterocycles. The van der Waals surface area contributed by atoms with E-state index in [0.29, 0.717) is 13.0 Å². The van der Waals surface area contributed by atoms with Gasteiger partial charge < -0.3 is 5.32 Å². The van der Waals surface area contributed by atoms with Crippen LogP contribution in [0.15, 0.2) is 24.3 Å². The van der Waals surface area contributed by atoms with Crippen LogP contribution in [0.2, 0.25) is 0 Å². The van der Waals surface area contributed by atoms with Gasteiger partial charge >= 0.3 is 0 Å². The quantitative estimate of drug-likeness (QED) is 0.777. The van der Waals surface area contributed by atoms with Gasteiger partial charge in [0.2, 0.25) is 5.91 Å². The second-order valence-corrected chi connectivity index (χ2v) is 3.25. The van der Waals surface area contributed by atoms with Gasteiger partial charge in [0.25, 0.3) is 0 Å². The molecule has 0 bridgehead atoms.